The van der Waals surface area contributed by atoms with Gasteiger partial charge in [-0.1, -0.05) is 12.1 Å². The predicted molar refractivity (Wildman–Crippen MR) is 84.4 cm³/mol. The van der Waals surface area contributed by atoms with Crippen molar-refractivity contribution >= 4 is 11.7 Å². The van der Waals surface area contributed by atoms with Crippen LogP contribution in [0.2, 0.25) is 0 Å². The van der Waals surface area contributed by atoms with Gasteiger partial charge in [0.25, 0.3) is 0 Å². The number of benzene rings is 1. The first kappa shape index (κ1) is 15.8. The van der Waals surface area contributed by atoms with Gasteiger partial charge in [-0.15, -0.1) is 0 Å². The quantitative estimate of drug-likeness (QED) is 0.809. The van der Waals surface area contributed by atoms with Gasteiger partial charge in [0.05, 0.1) is 5.56 Å². The molecule has 0 atom stereocenters. The maximum absolute atomic E-state index is 11.4. The normalized spacial score (nSPS) is 17.3. The molecule has 0 unspecified atom stereocenters. The van der Waals surface area contributed by atoms with Crippen LogP contribution in [0, 0.1) is 5.92 Å². The van der Waals surface area contributed by atoms with Gasteiger partial charge in [0.15, 0.2) is 0 Å². The number of piperidine rings is 1. The number of carbonyl (C=O) groups is 1. The zero-order chi connectivity index (χ0) is 15.4. The molecule has 0 amide bonds. The van der Waals surface area contributed by atoms with Crippen molar-refractivity contribution in [3.63, 3.8) is 0 Å². The Labute approximate surface area is 126 Å². The molecule has 0 radical (unpaired) electrons. The standard InChI is InChI=1S/C16H25N3O2/c1-18(2)10-12-6-8-19(9-7-12)11-13-4-3-5-14(17)15(13)16(20)21/h3-5,12H,6-11,17H2,1-2H3,(H,20,21). The lowest BCUT2D eigenvalue weighted by Gasteiger charge is -2.33. The van der Waals surface area contributed by atoms with Crippen LogP contribution in [0.15, 0.2) is 18.2 Å². The smallest absolute Gasteiger partial charge is 0.338 e. The summed E-state index contributed by atoms with van der Waals surface area (Å²) in [6.45, 7) is 3.84. The Morgan fingerprint density at radius 1 is 1.38 bits per heavy atom. The Bertz CT molecular complexity index is 494. The third-order valence-corrected chi connectivity index (χ3v) is 4.12. The average molecular weight is 291 g/mol. The van der Waals surface area contributed by atoms with Crippen molar-refractivity contribution < 1.29 is 9.90 Å². The van der Waals surface area contributed by atoms with Crippen LogP contribution in [0.4, 0.5) is 5.69 Å². The van der Waals surface area contributed by atoms with Crippen LogP contribution >= 0.6 is 0 Å². The highest BCUT2D eigenvalue weighted by molar-refractivity contribution is 5.95. The van der Waals surface area contributed by atoms with Crippen molar-refractivity contribution in [1.82, 2.24) is 9.80 Å². The molecule has 116 valence electrons. The molecular weight excluding hydrogens is 266 g/mol. The summed E-state index contributed by atoms with van der Waals surface area (Å²) < 4.78 is 0. The minimum Gasteiger partial charge on any atom is -0.478 e. The Kier molecular flexibility index (Phi) is 5.20. The fourth-order valence-electron chi connectivity index (χ4n) is 3.10. The fourth-order valence-corrected chi connectivity index (χ4v) is 3.10. The Morgan fingerprint density at radius 2 is 2.05 bits per heavy atom. The van der Waals surface area contributed by atoms with Crippen LogP contribution in [0.5, 0.6) is 0 Å². The van der Waals surface area contributed by atoms with Gasteiger partial charge >= 0.3 is 5.97 Å². The van der Waals surface area contributed by atoms with E-state index in [0.717, 1.165) is 31.1 Å². The first-order chi connectivity index (χ1) is 9.97. The largest absolute Gasteiger partial charge is 0.478 e. The van der Waals surface area contributed by atoms with Crippen molar-refractivity contribution in [2.75, 3.05) is 39.5 Å². The fraction of sp³-hybridized carbons (Fsp3) is 0.562. The third kappa shape index (κ3) is 4.19. The van der Waals surface area contributed by atoms with E-state index in [1.165, 1.54) is 12.8 Å². The molecule has 0 saturated carbocycles. The summed E-state index contributed by atoms with van der Waals surface area (Å²) in [5.74, 6) is -0.193. The minimum atomic E-state index is -0.939. The molecule has 1 heterocycles. The van der Waals surface area contributed by atoms with Crippen LogP contribution in [0.25, 0.3) is 0 Å². The second kappa shape index (κ2) is 6.91. The number of hydrogen-bond acceptors (Lipinski definition) is 4. The number of anilines is 1. The predicted octanol–water partition coefficient (Wildman–Crippen LogP) is 1.74. The van der Waals surface area contributed by atoms with Gasteiger partial charge in [-0.2, -0.15) is 0 Å². The third-order valence-electron chi connectivity index (χ3n) is 4.12. The van der Waals surface area contributed by atoms with Gasteiger partial charge in [-0.25, -0.2) is 4.79 Å². The zero-order valence-corrected chi connectivity index (χ0v) is 12.9. The summed E-state index contributed by atoms with van der Waals surface area (Å²) in [4.78, 5) is 15.9. The van der Waals surface area contributed by atoms with Crippen molar-refractivity contribution in [3.05, 3.63) is 29.3 Å². The molecule has 5 heteroatoms. The summed E-state index contributed by atoms with van der Waals surface area (Å²) in [5.41, 5.74) is 7.22. The summed E-state index contributed by atoms with van der Waals surface area (Å²) >= 11 is 0. The number of nitrogen functional groups attached to an aromatic ring is 1. The zero-order valence-electron chi connectivity index (χ0n) is 12.9. The Balaban J connectivity index is 1.98. The molecular formula is C16H25N3O2. The first-order valence-electron chi connectivity index (χ1n) is 7.45. The second-order valence-corrected chi connectivity index (χ2v) is 6.17. The lowest BCUT2D eigenvalue weighted by Crippen LogP contribution is -2.37. The van der Waals surface area contributed by atoms with Crippen LogP contribution < -0.4 is 5.73 Å². The number of carboxylic acid groups (broad SMARTS) is 1. The lowest BCUT2D eigenvalue weighted by atomic mass is 9.95. The number of carboxylic acids is 1. The molecule has 1 aromatic carbocycles. The Morgan fingerprint density at radius 3 is 2.62 bits per heavy atom. The van der Waals surface area contributed by atoms with Crippen LogP contribution in [0.3, 0.4) is 0 Å². The van der Waals surface area contributed by atoms with Crippen LogP contribution in [-0.4, -0.2) is 54.6 Å². The van der Waals surface area contributed by atoms with E-state index in [-0.39, 0.29) is 5.56 Å². The van der Waals surface area contributed by atoms with E-state index >= 15 is 0 Å². The summed E-state index contributed by atoms with van der Waals surface area (Å²) in [5, 5.41) is 9.31. The Hall–Kier alpha value is -1.59. The monoisotopic (exact) mass is 291 g/mol. The average Bonchev–Trinajstić information content (AvgIpc) is 2.40. The molecule has 1 aliphatic heterocycles. The molecule has 0 bridgehead atoms. The molecule has 0 spiro atoms. The van der Waals surface area contributed by atoms with Crippen molar-refractivity contribution in [2.24, 2.45) is 5.92 Å². The van der Waals surface area contributed by atoms with E-state index in [4.69, 9.17) is 5.73 Å². The maximum atomic E-state index is 11.4. The van der Waals surface area contributed by atoms with Gasteiger partial charge in [0.1, 0.15) is 0 Å². The highest BCUT2D eigenvalue weighted by atomic mass is 16.4. The number of aromatic carboxylic acids is 1. The molecule has 1 saturated heterocycles. The number of likely N-dealkylation sites (tertiary alicyclic amines) is 1. The van der Waals surface area contributed by atoms with Gasteiger partial charge in [-0.3, -0.25) is 4.90 Å². The topological polar surface area (TPSA) is 69.8 Å². The summed E-state index contributed by atoms with van der Waals surface area (Å²) in [6.07, 6.45) is 2.34. The molecule has 2 rings (SSSR count). The van der Waals surface area contributed by atoms with Crippen LogP contribution in [-0.2, 0) is 6.54 Å². The van der Waals surface area contributed by atoms with Crippen LogP contribution in [0.1, 0.15) is 28.8 Å². The van der Waals surface area contributed by atoms with E-state index in [0.29, 0.717) is 12.2 Å². The number of nitrogens with two attached hydrogens (primary N) is 1. The molecule has 3 N–H and O–H groups in total. The molecule has 0 aliphatic carbocycles. The molecule has 5 nitrogen and oxygen atoms in total. The molecule has 0 aromatic heterocycles. The van der Waals surface area contributed by atoms with E-state index in [1.807, 2.05) is 12.1 Å². The summed E-state index contributed by atoms with van der Waals surface area (Å²) in [6, 6.07) is 5.35. The maximum Gasteiger partial charge on any atom is 0.338 e. The lowest BCUT2D eigenvalue weighted by molar-refractivity contribution is 0.0694. The summed E-state index contributed by atoms with van der Waals surface area (Å²) in [7, 11) is 4.22. The number of rotatable bonds is 5. The number of nitrogens with zero attached hydrogens (tertiary/aromatic N) is 2. The van der Waals surface area contributed by atoms with Gasteiger partial charge in [0.2, 0.25) is 0 Å². The van der Waals surface area contributed by atoms with E-state index in [2.05, 4.69) is 23.9 Å². The molecule has 1 aromatic rings. The molecule has 1 aliphatic rings. The highest BCUT2D eigenvalue weighted by Gasteiger charge is 2.22. The van der Waals surface area contributed by atoms with E-state index in [9.17, 15) is 9.90 Å². The van der Waals surface area contributed by atoms with Crippen molar-refractivity contribution in [3.8, 4) is 0 Å². The van der Waals surface area contributed by atoms with Gasteiger partial charge in [0, 0.05) is 18.8 Å². The van der Waals surface area contributed by atoms with Gasteiger partial charge in [-0.05, 0) is 57.6 Å². The SMILES string of the molecule is CN(C)CC1CCN(Cc2cccc(N)c2C(=O)O)CC1. The van der Waals surface area contributed by atoms with E-state index in [1.54, 1.807) is 6.07 Å². The highest BCUT2D eigenvalue weighted by Crippen LogP contribution is 2.23. The number of hydrogen-bond donors (Lipinski definition) is 2. The van der Waals surface area contributed by atoms with E-state index < -0.39 is 5.97 Å². The first-order valence-corrected chi connectivity index (χ1v) is 7.45. The second-order valence-electron chi connectivity index (χ2n) is 6.17. The molecule has 21 heavy (non-hydrogen) atoms. The van der Waals surface area contributed by atoms with Crippen molar-refractivity contribution in [2.45, 2.75) is 19.4 Å². The van der Waals surface area contributed by atoms with Gasteiger partial charge < -0.3 is 15.7 Å². The van der Waals surface area contributed by atoms with Crippen molar-refractivity contribution in [1.29, 1.82) is 0 Å². The minimum absolute atomic E-state index is 0.257. The molecule has 1 fully saturated rings.